The largest absolute Gasteiger partial charge is 0.348 e. The molecular formula is C20H19N5. The van der Waals surface area contributed by atoms with Gasteiger partial charge in [-0.2, -0.15) is 0 Å². The van der Waals surface area contributed by atoms with Gasteiger partial charge in [-0.1, -0.05) is 36.4 Å². The van der Waals surface area contributed by atoms with E-state index in [9.17, 15) is 0 Å². The summed E-state index contributed by atoms with van der Waals surface area (Å²) >= 11 is 0. The minimum absolute atomic E-state index is 0.125. The minimum Gasteiger partial charge on any atom is -0.348 e. The molecule has 0 amide bonds. The summed E-state index contributed by atoms with van der Waals surface area (Å²) in [4.78, 5) is 13.7. The molecule has 1 N–H and O–H groups in total. The second-order valence-corrected chi connectivity index (χ2v) is 6.02. The molecule has 0 radical (unpaired) electrons. The van der Waals surface area contributed by atoms with Crippen LogP contribution in [0.3, 0.4) is 0 Å². The van der Waals surface area contributed by atoms with Crippen molar-refractivity contribution >= 4 is 11.6 Å². The van der Waals surface area contributed by atoms with Crippen LogP contribution in [0.2, 0.25) is 0 Å². The lowest BCUT2D eigenvalue weighted by molar-refractivity contribution is 0.860. The number of pyridine rings is 1. The highest BCUT2D eigenvalue weighted by Gasteiger charge is 2.13. The quantitative estimate of drug-likeness (QED) is 0.607. The van der Waals surface area contributed by atoms with E-state index in [1.54, 1.807) is 6.20 Å². The molecule has 0 bridgehead atoms. The summed E-state index contributed by atoms with van der Waals surface area (Å²) in [5.41, 5.74) is 4.91. The maximum Gasteiger partial charge on any atom is 0.223 e. The summed E-state index contributed by atoms with van der Waals surface area (Å²) in [6.45, 7) is 4.11. The van der Waals surface area contributed by atoms with Crippen LogP contribution in [0.1, 0.15) is 24.2 Å². The summed E-state index contributed by atoms with van der Waals surface area (Å²) in [5.74, 6) is 0.610. The fourth-order valence-corrected chi connectivity index (χ4v) is 3.00. The van der Waals surface area contributed by atoms with Crippen molar-refractivity contribution in [3.05, 3.63) is 78.2 Å². The van der Waals surface area contributed by atoms with Gasteiger partial charge in [0, 0.05) is 12.4 Å². The number of fused-ring (bicyclic) bond motifs is 1. The summed E-state index contributed by atoms with van der Waals surface area (Å²) in [5, 5.41) is 3.38. The lowest BCUT2D eigenvalue weighted by Crippen LogP contribution is -2.09. The van der Waals surface area contributed by atoms with Crippen molar-refractivity contribution in [3.8, 4) is 11.4 Å². The predicted molar refractivity (Wildman–Crippen MR) is 99.4 cm³/mol. The highest BCUT2D eigenvalue weighted by Crippen LogP contribution is 2.24. The van der Waals surface area contributed by atoms with Crippen LogP contribution < -0.4 is 5.32 Å². The highest BCUT2D eigenvalue weighted by atomic mass is 15.1. The Labute approximate surface area is 146 Å². The molecule has 5 nitrogen and oxygen atoms in total. The molecule has 5 heteroatoms. The van der Waals surface area contributed by atoms with E-state index in [4.69, 9.17) is 4.98 Å². The number of benzene rings is 1. The topological polar surface area (TPSA) is 55.1 Å². The first-order chi connectivity index (χ1) is 12.2. The molecule has 124 valence electrons. The van der Waals surface area contributed by atoms with Crippen molar-refractivity contribution < 1.29 is 0 Å². The molecule has 4 rings (SSSR count). The van der Waals surface area contributed by atoms with Crippen LogP contribution in [0.15, 0.2) is 67.0 Å². The number of nitrogens with zero attached hydrogens (tertiary/aromatic N) is 4. The number of hydrogen-bond donors (Lipinski definition) is 1. The molecule has 0 saturated carbocycles. The average Bonchev–Trinajstić information content (AvgIpc) is 2.98. The number of aryl methyl sites for hydroxylation is 1. The molecule has 1 aromatic carbocycles. The van der Waals surface area contributed by atoms with Crippen LogP contribution >= 0.6 is 0 Å². The molecule has 1 atom stereocenters. The number of aromatic nitrogens is 4. The average molecular weight is 329 g/mol. The first kappa shape index (κ1) is 15.3. The summed E-state index contributed by atoms with van der Waals surface area (Å²) < 4.78 is 2.06. The predicted octanol–water partition coefficient (Wildman–Crippen LogP) is 4.27. The minimum atomic E-state index is 0.125. The second kappa shape index (κ2) is 6.36. The standard InChI is InChI=1S/C20H19N5/c1-14(16-8-4-3-5-9-16)23-20-21-12-11-17(24-20)19-15(2)22-18-10-6-7-13-25(18)19/h3-14H,1-2H3,(H,21,23,24)/t14-/m0/s1. The molecule has 3 heterocycles. The van der Waals surface area contributed by atoms with E-state index in [0.29, 0.717) is 5.95 Å². The molecule has 0 saturated heterocycles. The van der Waals surface area contributed by atoms with Crippen LogP contribution in [-0.2, 0) is 0 Å². The molecule has 3 aromatic heterocycles. The van der Waals surface area contributed by atoms with Gasteiger partial charge in [0.15, 0.2) is 0 Å². The van der Waals surface area contributed by atoms with Gasteiger partial charge in [-0.15, -0.1) is 0 Å². The van der Waals surface area contributed by atoms with E-state index in [2.05, 4.69) is 38.7 Å². The Morgan fingerprint density at radius 1 is 0.960 bits per heavy atom. The maximum atomic E-state index is 4.71. The Morgan fingerprint density at radius 2 is 1.76 bits per heavy atom. The smallest absolute Gasteiger partial charge is 0.223 e. The first-order valence-corrected chi connectivity index (χ1v) is 8.31. The van der Waals surface area contributed by atoms with Crippen molar-refractivity contribution in [2.24, 2.45) is 0 Å². The third-order valence-corrected chi connectivity index (χ3v) is 4.25. The van der Waals surface area contributed by atoms with E-state index < -0.39 is 0 Å². The fourth-order valence-electron chi connectivity index (χ4n) is 3.00. The van der Waals surface area contributed by atoms with Gasteiger partial charge in [-0.25, -0.2) is 15.0 Å². The highest BCUT2D eigenvalue weighted by molar-refractivity contribution is 5.64. The van der Waals surface area contributed by atoms with Gasteiger partial charge in [0.05, 0.1) is 23.1 Å². The number of hydrogen-bond acceptors (Lipinski definition) is 4. The maximum absolute atomic E-state index is 4.71. The van der Waals surface area contributed by atoms with Crippen LogP contribution in [0.5, 0.6) is 0 Å². The van der Waals surface area contributed by atoms with Crippen LogP contribution in [0, 0.1) is 6.92 Å². The zero-order valence-electron chi connectivity index (χ0n) is 14.2. The number of anilines is 1. The fraction of sp³-hybridized carbons (Fsp3) is 0.150. The zero-order valence-corrected chi connectivity index (χ0v) is 14.2. The third-order valence-electron chi connectivity index (χ3n) is 4.25. The van der Waals surface area contributed by atoms with Gasteiger partial charge in [0.2, 0.25) is 5.95 Å². The van der Waals surface area contributed by atoms with Crippen LogP contribution in [-0.4, -0.2) is 19.4 Å². The molecule has 0 spiro atoms. The molecule has 0 aliphatic carbocycles. The third kappa shape index (κ3) is 2.96. The van der Waals surface area contributed by atoms with Crippen molar-refractivity contribution in [2.45, 2.75) is 19.9 Å². The normalized spacial score (nSPS) is 12.2. The lowest BCUT2D eigenvalue weighted by Gasteiger charge is -2.14. The molecule has 0 aliphatic heterocycles. The molecule has 0 fully saturated rings. The summed E-state index contributed by atoms with van der Waals surface area (Å²) in [6.07, 6.45) is 3.79. The van der Waals surface area contributed by atoms with Gasteiger partial charge in [-0.05, 0) is 37.6 Å². The zero-order chi connectivity index (χ0) is 17.2. The van der Waals surface area contributed by atoms with E-state index in [1.807, 2.05) is 55.6 Å². The number of imidazole rings is 1. The molecular weight excluding hydrogens is 310 g/mol. The second-order valence-electron chi connectivity index (χ2n) is 6.02. The first-order valence-electron chi connectivity index (χ1n) is 8.31. The van der Waals surface area contributed by atoms with Gasteiger partial charge in [0.1, 0.15) is 5.65 Å². The van der Waals surface area contributed by atoms with Gasteiger partial charge in [0.25, 0.3) is 0 Å². The number of nitrogens with one attached hydrogen (secondary N) is 1. The summed E-state index contributed by atoms with van der Waals surface area (Å²) in [7, 11) is 0. The van der Waals surface area contributed by atoms with E-state index >= 15 is 0 Å². The Bertz CT molecular complexity index is 1010. The van der Waals surface area contributed by atoms with Crippen LogP contribution in [0.4, 0.5) is 5.95 Å². The molecule has 0 unspecified atom stereocenters. The van der Waals surface area contributed by atoms with Crippen molar-refractivity contribution in [3.63, 3.8) is 0 Å². The Kier molecular flexibility index (Phi) is 3.90. The van der Waals surface area contributed by atoms with E-state index in [-0.39, 0.29) is 6.04 Å². The van der Waals surface area contributed by atoms with Gasteiger partial charge >= 0.3 is 0 Å². The van der Waals surface area contributed by atoms with E-state index in [0.717, 1.165) is 22.7 Å². The molecule has 4 aromatic rings. The Hall–Kier alpha value is -3.21. The Balaban J connectivity index is 1.69. The van der Waals surface area contributed by atoms with Gasteiger partial charge < -0.3 is 5.32 Å². The van der Waals surface area contributed by atoms with Crippen molar-refractivity contribution in [1.29, 1.82) is 0 Å². The van der Waals surface area contributed by atoms with Crippen molar-refractivity contribution in [2.75, 3.05) is 5.32 Å². The van der Waals surface area contributed by atoms with Gasteiger partial charge in [-0.3, -0.25) is 4.40 Å². The Morgan fingerprint density at radius 3 is 2.60 bits per heavy atom. The summed E-state index contributed by atoms with van der Waals surface area (Å²) in [6, 6.07) is 18.3. The SMILES string of the molecule is Cc1nc2ccccn2c1-c1ccnc(N[C@@H](C)c2ccccc2)n1. The van der Waals surface area contributed by atoms with Crippen molar-refractivity contribution in [1.82, 2.24) is 19.4 Å². The van der Waals surface area contributed by atoms with Crippen LogP contribution in [0.25, 0.3) is 17.0 Å². The number of rotatable bonds is 4. The lowest BCUT2D eigenvalue weighted by atomic mass is 10.1. The molecule has 0 aliphatic rings. The monoisotopic (exact) mass is 329 g/mol. The van der Waals surface area contributed by atoms with E-state index in [1.165, 1.54) is 5.56 Å². The molecule has 25 heavy (non-hydrogen) atoms.